The van der Waals surface area contributed by atoms with Crippen LogP contribution in [0.5, 0.6) is 17.4 Å². The van der Waals surface area contributed by atoms with Gasteiger partial charge in [-0.15, -0.1) is 0 Å². The second kappa shape index (κ2) is 9.54. The molecule has 0 bridgehead atoms. The fourth-order valence-electron chi connectivity index (χ4n) is 4.61. The lowest BCUT2D eigenvalue weighted by molar-refractivity contribution is -0.139. The summed E-state index contributed by atoms with van der Waals surface area (Å²) in [5, 5.41) is 0. The number of piperazine rings is 1. The van der Waals surface area contributed by atoms with Crippen LogP contribution < -0.4 is 14.4 Å². The van der Waals surface area contributed by atoms with E-state index in [-0.39, 0.29) is 12.0 Å². The Labute approximate surface area is 184 Å². The van der Waals surface area contributed by atoms with Crippen molar-refractivity contribution in [2.75, 3.05) is 31.6 Å². The van der Waals surface area contributed by atoms with E-state index in [1.165, 1.54) is 25.6 Å². The highest BCUT2D eigenvalue weighted by Gasteiger charge is 2.32. The van der Waals surface area contributed by atoms with Crippen LogP contribution in [-0.2, 0) is 4.79 Å². The van der Waals surface area contributed by atoms with E-state index < -0.39 is 0 Å². The van der Waals surface area contributed by atoms with Crippen LogP contribution in [0.4, 0.5) is 5.82 Å². The maximum Gasteiger partial charge on any atom is 0.226 e. The standard InChI is InChI=1S/C24H32N4O3/c1-17-9-10-20(21(13-17)30-3)31-23-14-22(25-16-26-23)27-11-12-28(18(2)15-27)24(29)19-7-5-4-6-8-19/h9-10,13-14,16,18-19H,4-8,11-12,15H2,1-3H3/t18-/m0/s1. The molecule has 7 nitrogen and oxygen atoms in total. The molecule has 0 N–H and O–H groups in total. The molecule has 1 amide bonds. The smallest absolute Gasteiger partial charge is 0.226 e. The summed E-state index contributed by atoms with van der Waals surface area (Å²) in [5.41, 5.74) is 1.10. The van der Waals surface area contributed by atoms with E-state index in [2.05, 4.69) is 26.7 Å². The minimum absolute atomic E-state index is 0.153. The normalized spacial score (nSPS) is 19.9. The summed E-state index contributed by atoms with van der Waals surface area (Å²) in [6.07, 6.45) is 7.23. The summed E-state index contributed by atoms with van der Waals surface area (Å²) in [7, 11) is 1.63. The van der Waals surface area contributed by atoms with Crippen LogP contribution in [0.15, 0.2) is 30.6 Å². The van der Waals surface area contributed by atoms with Gasteiger partial charge in [-0.2, -0.15) is 0 Å². The second-order valence-corrected chi connectivity index (χ2v) is 8.63. The quantitative estimate of drug-likeness (QED) is 0.717. The largest absolute Gasteiger partial charge is 0.493 e. The fraction of sp³-hybridized carbons (Fsp3) is 0.542. The summed E-state index contributed by atoms with van der Waals surface area (Å²) in [6, 6.07) is 7.80. The van der Waals surface area contributed by atoms with Crippen molar-refractivity contribution in [1.29, 1.82) is 0 Å². The monoisotopic (exact) mass is 424 g/mol. The lowest BCUT2D eigenvalue weighted by Gasteiger charge is -2.42. The zero-order chi connectivity index (χ0) is 21.8. The van der Waals surface area contributed by atoms with Crippen molar-refractivity contribution in [2.45, 2.75) is 52.0 Å². The first-order valence-electron chi connectivity index (χ1n) is 11.2. The molecule has 1 saturated heterocycles. The molecular formula is C24H32N4O3. The lowest BCUT2D eigenvalue weighted by atomic mass is 9.88. The average molecular weight is 425 g/mol. The third-order valence-corrected chi connectivity index (χ3v) is 6.35. The van der Waals surface area contributed by atoms with Gasteiger partial charge < -0.3 is 19.3 Å². The summed E-state index contributed by atoms with van der Waals surface area (Å²) in [4.78, 5) is 26.0. The van der Waals surface area contributed by atoms with Gasteiger partial charge in [0.25, 0.3) is 0 Å². The Hall–Kier alpha value is -2.83. The first-order valence-corrected chi connectivity index (χ1v) is 11.2. The zero-order valence-corrected chi connectivity index (χ0v) is 18.7. The van der Waals surface area contributed by atoms with E-state index in [1.807, 2.05) is 31.2 Å². The molecule has 7 heteroatoms. The molecule has 166 valence electrons. The van der Waals surface area contributed by atoms with Crippen LogP contribution in [-0.4, -0.2) is 53.6 Å². The fourth-order valence-corrected chi connectivity index (χ4v) is 4.61. The summed E-state index contributed by atoms with van der Waals surface area (Å²) in [5.74, 6) is 3.13. The van der Waals surface area contributed by atoms with E-state index in [4.69, 9.17) is 9.47 Å². The predicted molar refractivity (Wildman–Crippen MR) is 120 cm³/mol. The number of ether oxygens (including phenoxy) is 2. The third-order valence-electron chi connectivity index (χ3n) is 6.35. The molecule has 2 aromatic rings. The van der Waals surface area contributed by atoms with E-state index in [1.54, 1.807) is 7.11 Å². The first kappa shape index (κ1) is 21.4. The minimum Gasteiger partial charge on any atom is -0.493 e. The molecule has 1 aliphatic carbocycles. The Morgan fingerprint density at radius 2 is 1.87 bits per heavy atom. The van der Waals surface area contributed by atoms with Crippen molar-refractivity contribution in [3.05, 3.63) is 36.2 Å². The van der Waals surface area contributed by atoms with Crippen LogP contribution in [0.3, 0.4) is 0 Å². The highest BCUT2D eigenvalue weighted by molar-refractivity contribution is 5.79. The average Bonchev–Trinajstić information content (AvgIpc) is 2.80. The Morgan fingerprint density at radius 3 is 2.61 bits per heavy atom. The Morgan fingerprint density at radius 1 is 1.06 bits per heavy atom. The van der Waals surface area contributed by atoms with E-state index >= 15 is 0 Å². The van der Waals surface area contributed by atoms with Crippen molar-refractivity contribution in [1.82, 2.24) is 14.9 Å². The van der Waals surface area contributed by atoms with Gasteiger partial charge in [-0.25, -0.2) is 9.97 Å². The number of methoxy groups -OCH3 is 1. The molecule has 2 aliphatic rings. The van der Waals surface area contributed by atoms with Gasteiger partial charge in [-0.3, -0.25) is 4.79 Å². The Bertz CT molecular complexity index is 913. The third kappa shape index (κ3) is 4.92. The predicted octanol–water partition coefficient (Wildman–Crippen LogP) is 4.20. The minimum atomic E-state index is 0.153. The van der Waals surface area contributed by atoms with Crippen molar-refractivity contribution in [2.24, 2.45) is 5.92 Å². The number of amides is 1. The molecule has 1 atom stereocenters. The van der Waals surface area contributed by atoms with Crippen LogP contribution in [0, 0.1) is 12.8 Å². The number of aromatic nitrogens is 2. The van der Waals surface area contributed by atoms with Crippen molar-refractivity contribution in [3.63, 3.8) is 0 Å². The number of carbonyl (C=O) groups excluding carboxylic acids is 1. The summed E-state index contributed by atoms with van der Waals surface area (Å²) >= 11 is 0. The molecular weight excluding hydrogens is 392 g/mol. The molecule has 2 fully saturated rings. The number of hydrogen-bond donors (Lipinski definition) is 0. The second-order valence-electron chi connectivity index (χ2n) is 8.63. The maximum atomic E-state index is 13.0. The molecule has 2 heterocycles. The van der Waals surface area contributed by atoms with Gasteiger partial charge in [-0.05, 0) is 44.4 Å². The maximum absolute atomic E-state index is 13.0. The number of benzene rings is 1. The lowest BCUT2D eigenvalue weighted by Crippen LogP contribution is -2.55. The van der Waals surface area contributed by atoms with Gasteiger partial charge >= 0.3 is 0 Å². The first-order chi connectivity index (χ1) is 15.0. The topological polar surface area (TPSA) is 67.8 Å². The van der Waals surface area contributed by atoms with Crippen LogP contribution in [0.25, 0.3) is 0 Å². The zero-order valence-electron chi connectivity index (χ0n) is 18.7. The van der Waals surface area contributed by atoms with Gasteiger partial charge in [-0.1, -0.05) is 25.3 Å². The van der Waals surface area contributed by atoms with Crippen molar-refractivity contribution < 1.29 is 14.3 Å². The molecule has 0 spiro atoms. The highest BCUT2D eigenvalue weighted by atomic mass is 16.5. The Balaban J connectivity index is 1.42. The SMILES string of the molecule is COc1cc(C)ccc1Oc1cc(N2CCN(C(=O)C3CCCCC3)[C@@H](C)C2)ncn1. The molecule has 0 radical (unpaired) electrons. The van der Waals surface area contributed by atoms with E-state index in [9.17, 15) is 4.79 Å². The number of hydrogen-bond acceptors (Lipinski definition) is 6. The number of carbonyl (C=O) groups is 1. The van der Waals surface area contributed by atoms with Gasteiger partial charge in [0, 0.05) is 37.7 Å². The van der Waals surface area contributed by atoms with Gasteiger partial charge in [0.15, 0.2) is 11.5 Å². The molecule has 31 heavy (non-hydrogen) atoms. The van der Waals surface area contributed by atoms with Gasteiger partial charge in [0.2, 0.25) is 11.8 Å². The summed E-state index contributed by atoms with van der Waals surface area (Å²) < 4.78 is 11.4. The molecule has 0 unspecified atom stereocenters. The van der Waals surface area contributed by atoms with E-state index in [0.717, 1.165) is 43.9 Å². The summed E-state index contributed by atoms with van der Waals surface area (Å²) in [6.45, 7) is 6.37. The van der Waals surface area contributed by atoms with Crippen LogP contribution in [0.1, 0.15) is 44.6 Å². The number of nitrogens with zero attached hydrogens (tertiary/aromatic N) is 4. The number of anilines is 1. The number of rotatable bonds is 5. The molecule has 1 aromatic carbocycles. The van der Waals surface area contributed by atoms with Crippen LogP contribution in [0.2, 0.25) is 0 Å². The van der Waals surface area contributed by atoms with Crippen molar-refractivity contribution in [3.8, 4) is 17.4 Å². The molecule has 4 rings (SSSR count). The molecule has 1 saturated carbocycles. The van der Waals surface area contributed by atoms with Crippen LogP contribution >= 0.6 is 0 Å². The van der Waals surface area contributed by atoms with E-state index in [0.29, 0.717) is 23.3 Å². The molecule has 1 aromatic heterocycles. The number of aryl methyl sites for hydroxylation is 1. The van der Waals surface area contributed by atoms with Gasteiger partial charge in [0.05, 0.1) is 7.11 Å². The highest BCUT2D eigenvalue weighted by Crippen LogP contribution is 2.32. The van der Waals surface area contributed by atoms with Gasteiger partial charge in [0.1, 0.15) is 12.1 Å². The van der Waals surface area contributed by atoms with Crippen molar-refractivity contribution >= 4 is 11.7 Å². The molecule has 1 aliphatic heterocycles. The Kier molecular flexibility index (Phi) is 6.59.